The van der Waals surface area contributed by atoms with E-state index in [2.05, 4.69) is 20.8 Å². The van der Waals surface area contributed by atoms with Crippen molar-refractivity contribution in [1.82, 2.24) is 0 Å². The van der Waals surface area contributed by atoms with E-state index in [0.29, 0.717) is 24.2 Å². The van der Waals surface area contributed by atoms with E-state index in [-0.39, 0.29) is 17.4 Å². The molecule has 23 heavy (non-hydrogen) atoms. The zero-order chi connectivity index (χ0) is 17.0. The molecule has 3 aliphatic rings. The van der Waals surface area contributed by atoms with Crippen LogP contribution in [0, 0.1) is 40.4 Å². The number of aliphatic hydroxyl groups excluding tert-OH is 1. The van der Waals surface area contributed by atoms with Crippen molar-refractivity contribution in [3.63, 3.8) is 0 Å². The van der Waals surface area contributed by atoms with Gasteiger partial charge in [0.05, 0.1) is 11.5 Å². The SMILES string of the molecule is CC(C)C1CCC2C(C1)C(O)CC1C(C)(C(=O)O)CCCC21C. The second-order valence-corrected chi connectivity index (χ2v) is 9.53. The second-order valence-electron chi connectivity index (χ2n) is 9.53. The highest BCUT2D eigenvalue weighted by Gasteiger charge is 2.61. The van der Waals surface area contributed by atoms with Crippen LogP contribution >= 0.6 is 0 Å². The Morgan fingerprint density at radius 1 is 1.13 bits per heavy atom. The number of carbonyl (C=O) groups is 1. The van der Waals surface area contributed by atoms with E-state index in [1.165, 1.54) is 12.8 Å². The number of hydrogen-bond donors (Lipinski definition) is 2. The van der Waals surface area contributed by atoms with Crippen LogP contribution in [0.5, 0.6) is 0 Å². The van der Waals surface area contributed by atoms with Gasteiger partial charge in [0.15, 0.2) is 0 Å². The van der Waals surface area contributed by atoms with Crippen molar-refractivity contribution in [2.24, 2.45) is 40.4 Å². The topological polar surface area (TPSA) is 57.5 Å². The van der Waals surface area contributed by atoms with Crippen molar-refractivity contribution >= 4 is 5.97 Å². The molecule has 0 bridgehead atoms. The van der Waals surface area contributed by atoms with Crippen LogP contribution in [-0.2, 0) is 4.79 Å². The van der Waals surface area contributed by atoms with E-state index in [1.54, 1.807) is 0 Å². The molecule has 3 saturated carbocycles. The molecule has 3 aliphatic carbocycles. The summed E-state index contributed by atoms with van der Waals surface area (Å²) in [6.07, 6.45) is 6.85. The molecule has 132 valence electrons. The number of rotatable bonds is 2. The third-order valence-electron chi connectivity index (χ3n) is 8.17. The normalized spacial score (nSPS) is 50.3. The van der Waals surface area contributed by atoms with Crippen LogP contribution in [0.4, 0.5) is 0 Å². The lowest BCUT2D eigenvalue weighted by molar-refractivity contribution is -0.187. The average Bonchev–Trinajstić information content (AvgIpc) is 2.49. The van der Waals surface area contributed by atoms with Crippen LogP contribution in [-0.4, -0.2) is 22.3 Å². The average molecular weight is 322 g/mol. The smallest absolute Gasteiger partial charge is 0.309 e. The van der Waals surface area contributed by atoms with Crippen LogP contribution in [0.1, 0.15) is 72.6 Å². The van der Waals surface area contributed by atoms with Gasteiger partial charge in [-0.25, -0.2) is 0 Å². The molecule has 0 amide bonds. The molecule has 2 N–H and O–H groups in total. The number of hydrogen-bond acceptors (Lipinski definition) is 2. The Hall–Kier alpha value is -0.570. The van der Waals surface area contributed by atoms with Gasteiger partial charge in [-0.15, -0.1) is 0 Å². The minimum Gasteiger partial charge on any atom is -0.481 e. The number of aliphatic hydroxyl groups is 1. The maximum Gasteiger partial charge on any atom is 0.309 e. The Labute approximate surface area is 140 Å². The van der Waals surface area contributed by atoms with Gasteiger partial charge in [-0.1, -0.05) is 27.2 Å². The molecule has 7 atom stereocenters. The van der Waals surface area contributed by atoms with Crippen LogP contribution in [0.3, 0.4) is 0 Å². The summed E-state index contributed by atoms with van der Waals surface area (Å²) in [6.45, 7) is 8.88. The summed E-state index contributed by atoms with van der Waals surface area (Å²) in [4.78, 5) is 12.0. The molecule has 3 nitrogen and oxygen atoms in total. The van der Waals surface area contributed by atoms with Gasteiger partial charge in [0.1, 0.15) is 0 Å². The molecule has 3 heteroatoms. The third kappa shape index (κ3) is 2.54. The molecule has 0 heterocycles. The molecule has 7 unspecified atom stereocenters. The van der Waals surface area contributed by atoms with Crippen molar-refractivity contribution in [2.75, 3.05) is 0 Å². The first-order valence-electron chi connectivity index (χ1n) is 9.61. The summed E-state index contributed by atoms with van der Waals surface area (Å²) in [5.74, 6) is 1.76. The monoisotopic (exact) mass is 322 g/mol. The van der Waals surface area contributed by atoms with Gasteiger partial charge in [0.2, 0.25) is 0 Å². The number of aliphatic carboxylic acids is 1. The van der Waals surface area contributed by atoms with Crippen molar-refractivity contribution in [3.05, 3.63) is 0 Å². The lowest BCUT2D eigenvalue weighted by atomic mass is 9.43. The minimum atomic E-state index is -0.659. The second kappa shape index (κ2) is 5.75. The van der Waals surface area contributed by atoms with Crippen LogP contribution in [0.25, 0.3) is 0 Å². The molecule has 0 saturated heterocycles. The molecule has 0 spiro atoms. The first-order chi connectivity index (χ1) is 10.7. The summed E-state index contributed by atoms with van der Waals surface area (Å²) >= 11 is 0. The molecule has 0 aromatic rings. The number of carboxylic acids is 1. The fourth-order valence-corrected chi connectivity index (χ4v) is 6.65. The zero-order valence-electron chi connectivity index (χ0n) is 15.2. The third-order valence-corrected chi connectivity index (χ3v) is 8.17. The molecule has 0 aromatic heterocycles. The van der Waals surface area contributed by atoms with Gasteiger partial charge in [-0.2, -0.15) is 0 Å². The standard InChI is InChI=1S/C20H34O3/c1-12(2)13-6-7-15-14(10-13)16(21)11-17-19(15,3)8-5-9-20(17,4)18(22)23/h12-17,21H,5-11H2,1-4H3,(H,22,23). The molecular weight excluding hydrogens is 288 g/mol. The van der Waals surface area contributed by atoms with E-state index < -0.39 is 11.4 Å². The predicted molar refractivity (Wildman–Crippen MR) is 91.0 cm³/mol. The highest BCUT2D eigenvalue weighted by molar-refractivity contribution is 5.75. The first kappa shape index (κ1) is 17.3. The zero-order valence-corrected chi connectivity index (χ0v) is 15.2. The van der Waals surface area contributed by atoms with Crippen molar-refractivity contribution < 1.29 is 15.0 Å². The fraction of sp³-hybridized carbons (Fsp3) is 0.950. The Bertz CT molecular complexity index is 474. The van der Waals surface area contributed by atoms with E-state index in [4.69, 9.17) is 0 Å². The van der Waals surface area contributed by atoms with E-state index in [1.807, 2.05) is 6.92 Å². The summed E-state index contributed by atoms with van der Waals surface area (Å²) in [5, 5.41) is 20.7. The van der Waals surface area contributed by atoms with Crippen LogP contribution < -0.4 is 0 Å². The van der Waals surface area contributed by atoms with E-state index in [9.17, 15) is 15.0 Å². The summed E-state index contributed by atoms with van der Waals surface area (Å²) in [6, 6.07) is 0. The summed E-state index contributed by atoms with van der Waals surface area (Å²) < 4.78 is 0. The lowest BCUT2D eigenvalue weighted by Crippen LogP contribution is -2.59. The Morgan fingerprint density at radius 3 is 2.43 bits per heavy atom. The van der Waals surface area contributed by atoms with Gasteiger partial charge in [0, 0.05) is 0 Å². The van der Waals surface area contributed by atoms with Gasteiger partial charge >= 0.3 is 5.97 Å². The predicted octanol–water partition coefficient (Wildman–Crippen LogP) is 4.34. The Kier molecular flexibility index (Phi) is 4.32. The number of carboxylic acid groups (broad SMARTS) is 1. The molecule has 0 aliphatic heterocycles. The Balaban J connectivity index is 1.92. The van der Waals surface area contributed by atoms with Gasteiger partial charge in [0.25, 0.3) is 0 Å². The Morgan fingerprint density at radius 2 is 1.83 bits per heavy atom. The fourth-order valence-electron chi connectivity index (χ4n) is 6.65. The largest absolute Gasteiger partial charge is 0.481 e. The highest BCUT2D eigenvalue weighted by atomic mass is 16.4. The van der Waals surface area contributed by atoms with Crippen LogP contribution in [0.15, 0.2) is 0 Å². The van der Waals surface area contributed by atoms with E-state index >= 15 is 0 Å². The highest BCUT2D eigenvalue weighted by Crippen LogP contribution is 2.64. The van der Waals surface area contributed by atoms with Crippen molar-refractivity contribution in [1.29, 1.82) is 0 Å². The van der Waals surface area contributed by atoms with Gasteiger partial charge < -0.3 is 10.2 Å². The molecular formula is C20H34O3. The first-order valence-corrected chi connectivity index (χ1v) is 9.61. The van der Waals surface area contributed by atoms with Crippen molar-refractivity contribution in [2.45, 2.75) is 78.7 Å². The maximum atomic E-state index is 12.0. The number of fused-ring (bicyclic) bond motifs is 3. The molecule has 3 rings (SSSR count). The van der Waals surface area contributed by atoms with E-state index in [0.717, 1.165) is 31.6 Å². The lowest BCUT2D eigenvalue weighted by Gasteiger charge is -2.62. The molecule has 0 radical (unpaired) electrons. The van der Waals surface area contributed by atoms with Gasteiger partial charge in [-0.05, 0) is 80.5 Å². The molecule has 0 aromatic carbocycles. The summed E-state index contributed by atoms with van der Waals surface area (Å²) in [7, 11) is 0. The van der Waals surface area contributed by atoms with Crippen molar-refractivity contribution in [3.8, 4) is 0 Å². The summed E-state index contributed by atoms with van der Waals surface area (Å²) in [5.41, 5.74) is -0.564. The minimum absolute atomic E-state index is 0.0945. The molecule has 3 fully saturated rings. The van der Waals surface area contributed by atoms with Gasteiger partial charge in [-0.3, -0.25) is 4.79 Å². The quantitative estimate of drug-likeness (QED) is 0.795. The maximum absolute atomic E-state index is 12.0. The van der Waals surface area contributed by atoms with Crippen LogP contribution in [0.2, 0.25) is 0 Å².